The normalized spacial score (nSPS) is 19.0. The van der Waals surface area contributed by atoms with Crippen molar-refractivity contribution in [2.24, 2.45) is 5.73 Å². The Hall–Kier alpha value is -2.23. The minimum Gasteiger partial charge on any atom is -0.374 e. The summed E-state index contributed by atoms with van der Waals surface area (Å²) < 4.78 is 26.1. The Morgan fingerprint density at radius 1 is 1.15 bits per heavy atom. The summed E-state index contributed by atoms with van der Waals surface area (Å²) in [6, 6.07) is 13.3. The smallest absolute Gasteiger partial charge is 0.213 e. The molecule has 5 rings (SSSR count). The standard InChI is InChI=1S/C26H34N4O3S/c1-2-34(32,33)30-10-8-18(9-11-30)24-16-29-25-22(24)13-20(14-23(25)26(27)31)19-5-3-4-17(12-19)15-28-21-6-7-21/h3-5,12-14,16,18,21,26,28-29,31H,2,6-11,15,27H2,1H3. The number of aliphatic hydroxyl groups is 1. The van der Waals surface area contributed by atoms with Crippen LogP contribution < -0.4 is 11.1 Å². The van der Waals surface area contributed by atoms with Crippen LogP contribution in [0.2, 0.25) is 0 Å². The van der Waals surface area contributed by atoms with E-state index in [0.717, 1.165) is 41.4 Å². The van der Waals surface area contributed by atoms with E-state index in [0.29, 0.717) is 24.7 Å². The molecule has 0 radical (unpaired) electrons. The van der Waals surface area contributed by atoms with E-state index in [1.807, 2.05) is 12.3 Å². The van der Waals surface area contributed by atoms with Crippen molar-refractivity contribution in [2.45, 2.75) is 57.3 Å². The van der Waals surface area contributed by atoms with E-state index in [1.54, 1.807) is 11.2 Å². The number of nitrogens with one attached hydrogen (secondary N) is 2. The highest BCUT2D eigenvalue weighted by atomic mass is 32.2. The van der Waals surface area contributed by atoms with Crippen molar-refractivity contribution in [3.8, 4) is 11.1 Å². The lowest BCUT2D eigenvalue weighted by Gasteiger charge is -2.31. The lowest BCUT2D eigenvalue weighted by Crippen LogP contribution is -2.38. The third-order valence-corrected chi connectivity index (χ3v) is 9.14. The van der Waals surface area contributed by atoms with Gasteiger partial charge in [0.1, 0.15) is 6.23 Å². The largest absolute Gasteiger partial charge is 0.374 e. The molecule has 0 bridgehead atoms. The van der Waals surface area contributed by atoms with Crippen molar-refractivity contribution < 1.29 is 13.5 Å². The van der Waals surface area contributed by atoms with Crippen LogP contribution in [-0.4, -0.2) is 47.7 Å². The maximum atomic E-state index is 12.3. The Labute approximate surface area is 201 Å². The van der Waals surface area contributed by atoms with Crippen molar-refractivity contribution in [1.29, 1.82) is 0 Å². The van der Waals surface area contributed by atoms with Crippen LogP contribution in [-0.2, 0) is 16.6 Å². The molecule has 5 N–H and O–H groups in total. The van der Waals surface area contributed by atoms with Gasteiger partial charge in [-0.05, 0) is 79.0 Å². The zero-order valence-corrected chi connectivity index (χ0v) is 20.4. The zero-order valence-electron chi connectivity index (χ0n) is 19.6. The third kappa shape index (κ3) is 4.78. The van der Waals surface area contributed by atoms with Gasteiger partial charge in [-0.1, -0.05) is 18.2 Å². The molecule has 8 heteroatoms. The minimum atomic E-state index is -3.16. The van der Waals surface area contributed by atoms with Crippen LogP contribution >= 0.6 is 0 Å². The number of aromatic nitrogens is 1. The summed E-state index contributed by atoms with van der Waals surface area (Å²) in [5.41, 5.74) is 12.0. The molecule has 34 heavy (non-hydrogen) atoms. The van der Waals surface area contributed by atoms with E-state index in [9.17, 15) is 13.5 Å². The topological polar surface area (TPSA) is 111 Å². The molecule has 3 aromatic rings. The number of benzene rings is 2. The monoisotopic (exact) mass is 482 g/mol. The first kappa shape index (κ1) is 23.5. The summed E-state index contributed by atoms with van der Waals surface area (Å²) in [5, 5.41) is 15.0. The van der Waals surface area contributed by atoms with E-state index >= 15 is 0 Å². The number of hydrogen-bond donors (Lipinski definition) is 4. The fourth-order valence-electron chi connectivity index (χ4n) is 5.06. The second-order valence-corrected chi connectivity index (χ2v) is 11.9. The first-order chi connectivity index (χ1) is 16.4. The molecule has 1 aromatic heterocycles. The molecule has 1 saturated heterocycles. The van der Waals surface area contributed by atoms with Crippen molar-refractivity contribution in [1.82, 2.24) is 14.6 Å². The van der Waals surface area contributed by atoms with Crippen LogP contribution in [0.1, 0.15) is 61.4 Å². The summed E-state index contributed by atoms with van der Waals surface area (Å²) in [7, 11) is -3.16. The molecule has 2 fully saturated rings. The van der Waals surface area contributed by atoms with Crippen molar-refractivity contribution in [3.05, 3.63) is 59.3 Å². The summed E-state index contributed by atoms with van der Waals surface area (Å²) in [6.07, 6.45) is 4.98. The fraction of sp³-hybridized carbons (Fsp3) is 0.462. The summed E-state index contributed by atoms with van der Waals surface area (Å²) >= 11 is 0. The summed E-state index contributed by atoms with van der Waals surface area (Å²) in [4.78, 5) is 3.34. The molecule has 2 heterocycles. The van der Waals surface area contributed by atoms with E-state index in [4.69, 9.17) is 5.73 Å². The predicted molar refractivity (Wildman–Crippen MR) is 136 cm³/mol. The highest BCUT2D eigenvalue weighted by Gasteiger charge is 2.29. The average molecular weight is 483 g/mol. The van der Waals surface area contributed by atoms with Gasteiger partial charge in [0.05, 0.1) is 11.3 Å². The minimum absolute atomic E-state index is 0.140. The molecular formula is C26H34N4O3S. The SMILES string of the molecule is CCS(=O)(=O)N1CCC(c2c[nH]c3c(C(N)O)cc(-c4cccc(CNC5CC5)c4)cc23)CC1. The van der Waals surface area contributed by atoms with Crippen LogP contribution in [0.4, 0.5) is 0 Å². The summed E-state index contributed by atoms with van der Waals surface area (Å²) in [5.74, 6) is 0.394. The maximum absolute atomic E-state index is 12.3. The van der Waals surface area contributed by atoms with E-state index < -0.39 is 16.3 Å². The van der Waals surface area contributed by atoms with E-state index in [2.05, 4.69) is 40.6 Å². The van der Waals surface area contributed by atoms with Crippen LogP contribution in [0.25, 0.3) is 22.0 Å². The van der Waals surface area contributed by atoms with Crippen molar-refractivity contribution in [2.75, 3.05) is 18.8 Å². The van der Waals surface area contributed by atoms with Crippen molar-refractivity contribution in [3.63, 3.8) is 0 Å². The zero-order chi connectivity index (χ0) is 23.9. The molecule has 1 saturated carbocycles. The van der Waals surface area contributed by atoms with Gasteiger partial charge in [0.2, 0.25) is 10.0 Å². The number of nitrogens with zero attached hydrogens (tertiary/aromatic N) is 1. The number of hydrogen-bond acceptors (Lipinski definition) is 5. The lowest BCUT2D eigenvalue weighted by atomic mass is 9.88. The number of aromatic amines is 1. The molecule has 182 valence electrons. The Morgan fingerprint density at radius 3 is 2.59 bits per heavy atom. The molecular weight excluding hydrogens is 448 g/mol. The van der Waals surface area contributed by atoms with E-state index in [1.165, 1.54) is 24.0 Å². The first-order valence-electron chi connectivity index (χ1n) is 12.2. The Kier molecular flexibility index (Phi) is 6.52. The third-order valence-electron chi connectivity index (χ3n) is 7.25. The molecule has 1 aliphatic carbocycles. The van der Waals surface area contributed by atoms with Crippen LogP contribution in [0, 0.1) is 0 Å². The Bertz CT molecular complexity index is 1270. The average Bonchev–Trinajstić information content (AvgIpc) is 3.59. The highest BCUT2D eigenvalue weighted by Crippen LogP contribution is 2.38. The highest BCUT2D eigenvalue weighted by molar-refractivity contribution is 7.89. The molecule has 0 spiro atoms. The number of rotatable bonds is 8. The number of fused-ring (bicyclic) bond motifs is 1. The number of sulfonamides is 1. The quantitative estimate of drug-likeness (QED) is 0.367. The van der Waals surface area contributed by atoms with Gasteiger partial charge < -0.3 is 21.1 Å². The number of H-pyrrole nitrogens is 1. The number of nitrogens with two attached hydrogens (primary N) is 1. The van der Waals surface area contributed by atoms with Gasteiger partial charge in [-0.15, -0.1) is 0 Å². The maximum Gasteiger partial charge on any atom is 0.213 e. The molecule has 1 aliphatic heterocycles. The summed E-state index contributed by atoms with van der Waals surface area (Å²) in [6.45, 7) is 3.62. The van der Waals surface area contributed by atoms with Crippen LogP contribution in [0.5, 0.6) is 0 Å². The Balaban J connectivity index is 1.47. The van der Waals surface area contributed by atoms with E-state index in [-0.39, 0.29) is 11.7 Å². The second kappa shape index (κ2) is 9.43. The lowest BCUT2D eigenvalue weighted by molar-refractivity contribution is 0.187. The van der Waals surface area contributed by atoms with Crippen LogP contribution in [0.15, 0.2) is 42.6 Å². The predicted octanol–water partition coefficient (Wildman–Crippen LogP) is 3.57. The fourth-order valence-corrected chi connectivity index (χ4v) is 6.19. The van der Waals surface area contributed by atoms with Gasteiger partial charge in [0, 0.05) is 42.8 Å². The van der Waals surface area contributed by atoms with Gasteiger partial charge >= 0.3 is 0 Å². The Morgan fingerprint density at radius 2 is 1.91 bits per heavy atom. The molecule has 0 amide bonds. The molecule has 2 aromatic carbocycles. The molecule has 1 unspecified atom stereocenters. The van der Waals surface area contributed by atoms with Crippen molar-refractivity contribution >= 4 is 20.9 Å². The number of piperidine rings is 1. The molecule has 2 aliphatic rings. The van der Waals surface area contributed by atoms with Gasteiger partial charge in [-0.25, -0.2) is 12.7 Å². The first-order valence-corrected chi connectivity index (χ1v) is 13.9. The van der Waals surface area contributed by atoms with Gasteiger partial charge in [0.25, 0.3) is 0 Å². The molecule has 1 atom stereocenters. The number of aliphatic hydroxyl groups excluding tert-OH is 1. The second-order valence-electron chi connectivity index (χ2n) is 9.61. The van der Waals surface area contributed by atoms with Gasteiger partial charge in [0.15, 0.2) is 0 Å². The van der Waals surface area contributed by atoms with Crippen LogP contribution in [0.3, 0.4) is 0 Å². The van der Waals surface area contributed by atoms with Gasteiger partial charge in [-0.3, -0.25) is 0 Å². The molecule has 7 nitrogen and oxygen atoms in total. The van der Waals surface area contributed by atoms with Gasteiger partial charge in [-0.2, -0.15) is 0 Å².